The van der Waals surface area contributed by atoms with Gasteiger partial charge in [-0.2, -0.15) is 13.2 Å². The molecule has 100 valence electrons. The van der Waals surface area contributed by atoms with Gasteiger partial charge in [0.15, 0.2) is 0 Å². The van der Waals surface area contributed by atoms with E-state index in [1.54, 1.807) is 7.05 Å². The lowest BCUT2D eigenvalue weighted by Gasteiger charge is -2.16. The van der Waals surface area contributed by atoms with Crippen LogP contribution in [-0.4, -0.2) is 18.1 Å². The topological polar surface area (TPSA) is 37.0 Å². The van der Waals surface area contributed by atoms with Gasteiger partial charge in [-0.25, -0.2) is 4.98 Å². The number of pyridine rings is 1. The van der Waals surface area contributed by atoms with E-state index in [0.29, 0.717) is 5.92 Å². The summed E-state index contributed by atoms with van der Waals surface area (Å²) in [5.41, 5.74) is -0.688. The number of anilines is 2. The summed E-state index contributed by atoms with van der Waals surface area (Å²) in [7, 11) is 1.55. The molecule has 1 heterocycles. The third-order valence-corrected chi connectivity index (χ3v) is 3.11. The van der Waals surface area contributed by atoms with Crippen LogP contribution in [0.5, 0.6) is 0 Å². The van der Waals surface area contributed by atoms with Crippen molar-refractivity contribution in [2.75, 3.05) is 17.7 Å². The van der Waals surface area contributed by atoms with Gasteiger partial charge in [-0.05, 0) is 37.8 Å². The normalized spacial score (nSPS) is 17.4. The van der Waals surface area contributed by atoms with E-state index in [-0.39, 0.29) is 17.7 Å². The average molecular weight is 259 g/mol. The molecule has 0 amide bonds. The van der Waals surface area contributed by atoms with Crippen molar-refractivity contribution in [3.05, 3.63) is 17.7 Å². The third-order valence-electron chi connectivity index (χ3n) is 3.11. The molecule has 3 nitrogen and oxygen atoms in total. The molecule has 1 fully saturated rings. The third kappa shape index (κ3) is 3.05. The molecule has 0 aliphatic heterocycles. The Labute approximate surface area is 104 Å². The zero-order chi connectivity index (χ0) is 13.3. The van der Waals surface area contributed by atoms with Crippen molar-refractivity contribution in [3.63, 3.8) is 0 Å². The van der Waals surface area contributed by atoms with Crippen molar-refractivity contribution < 1.29 is 13.2 Å². The molecule has 18 heavy (non-hydrogen) atoms. The van der Waals surface area contributed by atoms with E-state index in [2.05, 4.69) is 15.6 Å². The molecular formula is C12H16F3N3. The molecule has 1 aliphatic rings. The van der Waals surface area contributed by atoms with E-state index in [1.165, 1.54) is 0 Å². The summed E-state index contributed by atoms with van der Waals surface area (Å²) >= 11 is 0. The second kappa shape index (κ2) is 4.66. The van der Waals surface area contributed by atoms with Crippen molar-refractivity contribution in [1.29, 1.82) is 0 Å². The Morgan fingerprint density at radius 1 is 1.28 bits per heavy atom. The van der Waals surface area contributed by atoms with Crippen molar-refractivity contribution in [2.45, 2.75) is 32.0 Å². The van der Waals surface area contributed by atoms with Gasteiger partial charge < -0.3 is 10.6 Å². The number of nitrogens with zero attached hydrogens (tertiary/aromatic N) is 1. The summed E-state index contributed by atoms with van der Waals surface area (Å²) in [4.78, 5) is 4.09. The van der Waals surface area contributed by atoms with Crippen LogP contribution in [0.1, 0.15) is 25.3 Å². The molecule has 0 aromatic carbocycles. The van der Waals surface area contributed by atoms with E-state index in [4.69, 9.17) is 0 Å². The first-order valence-corrected chi connectivity index (χ1v) is 5.93. The Bertz CT molecular complexity index is 427. The summed E-state index contributed by atoms with van der Waals surface area (Å²) in [5, 5.41) is 5.69. The lowest BCUT2D eigenvalue weighted by molar-refractivity contribution is -0.137. The molecule has 0 spiro atoms. The molecule has 0 bridgehead atoms. The van der Waals surface area contributed by atoms with Gasteiger partial charge in [-0.15, -0.1) is 0 Å². The quantitative estimate of drug-likeness (QED) is 0.870. The van der Waals surface area contributed by atoms with Gasteiger partial charge in [0, 0.05) is 13.1 Å². The molecule has 1 aliphatic carbocycles. The first-order valence-electron chi connectivity index (χ1n) is 5.93. The zero-order valence-electron chi connectivity index (χ0n) is 10.3. The van der Waals surface area contributed by atoms with E-state index < -0.39 is 11.7 Å². The SMILES string of the molecule is CNc1cc(C(F)(F)F)cc(NC(C)C2CC2)n1. The van der Waals surface area contributed by atoms with E-state index in [9.17, 15) is 13.2 Å². The smallest absolute Gasteiger partial charge is 0.373 e. The minimum absolute atomic E-state index is 0.158. The van der Waals surface area contributed by atoms with Gasteiger partial charge >= 0.3 is 6.18 Å². The number of alkyl halides is 3. The minimum atomic E-state index is -4.35. The number of nitrogens with one attached hydrogen (secondary N) is 2. The van der Waals surface area contributed by atoms with Crippen molar-refractivity contribution in [3.8, 4) is 0 Å². The maximum Gasteiger partial charge on any atom is 0.416 e. The van der Waals surface area contributed by atoms with Crippen LogP contribution in [0.15, 0.2) is 12.1 Å². The molecule has 6 heteroatoms. The van der Waals surface area contributed by atoms with Gasteiger partial charge in [0.05, 0.1) is 5.56 Å². The van der Waals surface area contributed by atoms with Crippen LogP contribution in [0.3, 0.4) is 0 Å². The van der Waals surface area contributed by atoms with E-state index in [1.807, 2.05) is 6.92 Å². The summed E-state index contributed by atoms with van der Waals surface area (Å²) in [6.07, 6.45) is -2.09. The number of hydrogen-bond acceptors (Lipinski definition) is 3. The second-order valence-corrected chi connectivity index (χ2v) is 4.64. The predicted molar refractivity (Wildman–Crippen MR) is 64.6 cm³/mol. The monoisotopic (exact) mass is 259 g/mol. The number of aromatic nitrogens is 1. The standard InChI is InChI=1S/C12H16F3N3/c1-7(8-3-4-8)17-11-6-9(12(13,14)15)5-10(16-2)18-11/h5-8H,3-4H2,1-2H3,(H2,16,17,18). The fourth-order valence-electron chi connectivity index (χ4n) is 1.84. The lowest BCUT2D eigenvalue weighted by atomic mass is 10.2. The zero-order valence-corrected chi connectivity index (χ0v) is 10.3. The highest BCUT2D eigenvalue weighted by atomic mass is 19.4. The fraction of sp³-hybridized carbons (Fsp3) is 0.583. The van der Waals surface area contributed by atoms with E-state index >= 15 is 0 Å². The van der Waals surface area contributed by atoms with Crippen LogP contribution >= 0.6 is 0 Å². The molecule has 2 N–H and O–H groups in total. The number of rotatable bonds is 4. The lowest BCUT2D eigenvalue weighted by Crippen LogP contribution is -2.19. The van der Waals surface area contributed by atoms with Crippen LogP contribution in [-0.2, 0) is 6.18 Å². The molecule has 1 atom stereocenters. The minimum Gasteiger partial charge on any atom is -0.373 e. The Balaban J connectivity index is 2.22. The van der Waals surface area contributed by atoms with Crippen LogP contribution in [0.4, 0.5) is 24.8 Å². The summed E-state index contributed by atoms with van der Waals surface area (Å²) in [6, 6.07) is 2.22. The van der Waals surface area contributed by atoms with Crippen LogP contribution in [0.2, 0.25) is 0 Å². The largest absolute Gasteiger partial charge is 0.416 e. The maximum absolute atomic E-state index is 12.7. The Morgan fingerprint density at radius 3 is 2.39 bits per heavy atom. The number of hydrogen-bond donors (Lipinski definition) is 2. The van der Waals surface area contributed by atoms with Crippen molar-refractivity contribution in [2.24, 2.45) is 5.92 Å². The Morgan fingerprint density at radius 2 is 1.89 bits per heavy atom. The molecule has 0 radical (unpaired) electrons. The highest BCUT2D eigenvalue weighted by Crippen LogP contribution is 2.35. The van der Waals surface area contributed by atoms with Crippen LogP contribution in [0.25, 0.3) is 0 Å². The second-order valence-electron chi connectivity index (χ2n) is 4.64. The average Bonchev–Trinajstić information content (AvgIpc) is 3.11. The van der Waals surface area contributed by atoms with Gasteiger partial charge in [0.2, 0.25) is 0 Å². The predicted octanol–water partition coefficient (Wildman–Crippen LogP) is 3.35. The highest BCUT2D eigenvalue weighted by molar-refractivity contribution is 5.50. The van der Waals surface area contributed by atoms with Crippen LogP contribution in [0, 0.1) is 5.92 Å². The van der Waals surface area contributed by atoms with Crippen molar-refractivity contribution >= 4 is 11.6 Å². The van der Waals surface area contributed by atoms with E-state index in [0.717, 1.165) is 25.0 Å². The highest BCUT2D eigenvalue weighted by Gasteiger charge is 2.32. The molecule has 0 saturated heterocycles. The van der Waals surface area contributed by atoms with Gasteiger partial charge in [0.1, 0.15) is 11.6 Å². The first-order chi connectivity index (χ1) is 8.40. The Kier molecular flexibility index (Phi) is 3.36. The molecule has 1 aromatic rings. The summed E-state index contributed by atoms with van der Waals surface area (Å²) in [5.74, 6) is 1.04. The maximum atomic E-state index is 12.7. The summed E-state index contributed by atoms with van der Waals surface area (Å²) in [6.45, 7) is 1.97. The fourth-order valence-corrected chi connectivity index (χ4v) is 1.84. The molecule has 1 unspecified atom stereocenters. The first kappa shape index (κ1) is 13.0. The molecular weight excluding hydrogens is 243 g/mol. The van der Waals surface area contributed by atoms with Gasteiger partial charge in [-0.1, -0.05) is 0 Å². The summed E-state index contributed by atoms with van der Waals surface area (Å²) < 4.78 is 38.1. The van der Waals surface area contributed by atoms with Crippen LogP contribution < -0.4 is 10.6 Å². The van der Waals surface area contributed by atoms with Gasteiger partial charge in [-0.3, -0.25) is 0 Å². The number of halogens is 3. The molecule has 2 rings (SSSR count). The molecule has 1 aromatic heterocycles. The molecule has 1 saturated carbocycles. The van der Waals surface area contributed by atoms with Crippen molar-refractivity contribution in [1.82, 2.24) is 4.98 Å². The Hall–Kier alpha value is -1.46. The van der Waals surface area contributed by atoms with Gasteiger partial charge in [0.25, 0.3) is 0 Å².